The fourth-order valence-corrected chi connectivity index (χ4v) is 2.68. The zero-order chi connectivity index (χ0) is 13.8. The van der Waals surface area contributed by atoms with Crippen LogP contribution in [0.4, 0.5) is 0 Å². The van der Waals surface area contributed by atoms with Gasteiger partial charge in [0.25, 0.3) is 0 Å². The Morgan fingerprint density at radius 2 is 1.83 bits per heavy atom. The molecule has 0 aliphatic carbocycles. The molecule has 2 nitrogen and oxygen atoms in total. The van der Waals surface area contributed by atoms with Crippen LogP contribution in [0.2, 0.25) is 0 Å². The van der Waals surface area contributed by atoms with Crippen LogP contribution in [0.25, 0.3) is 0 Å². The topological polar surface area (TPSA) is 49.9 Å². The van der Waals surface area contributed by atoms with E-state index in [1.54, 1.807) is 0 Å². The minimum absolute atomic E-state index is 0.190. The number of benzene rings is 1. The third-order valence-corrected chi connectivity index (χ3v) is 4.29. The van der Waals surface area contributed by atoms with E-state index in [-0.39, 0.29) is 11.3 Å². The third kappa shape index (κ3) is 4.37. The van der Waals surface area contributed by atoms with Crippen LogP contribution in [0.5, 0.6) is 0 Å². The Morgan fingerprint density at radius 1 is 1.28 bits per heavy atom. The quantitative estimate of drug-likeness (QED) is 0.458. The van der Waals surface area contributed by atoms with Crippen LogP contribution >= 0.6 is 11.8 Å². The van der Waals surface area contributed by atoms with Gasteiger partial charge in [0, 0.05) is 10.3 Å². The average molecular weight is 264 g/mol. The summed E-state index contributed by atoms with van der Waals surface area (Å²) in [5, 5.41) is 7.52. The molecule has 1 rings (SSSR count). The summed E-state index contributed by atoms with van der Waals surface area (Å²) < 4.78 is 0. The Kier molecular flexibility index (Phi) is 5.27. The number of amidine groups is 1. The number of nitrogens with two attached hydrogens (primary N) is 1. The van der Waals surface area contributed by atoms with E-state index in [1.807, 2.05) is 25.6 Å². The Labute approximate surface area is 115 Å². The molecule has 0 aliphatic rings. The lowest BCUT2D eigenvalue weighted by Crippen LogP contribution is -2.31. The van der Waals surface area contributed by atoms with E-state index in [0.717, 1.165) is 12.2 Å². The Hall–Kier alpha value is -0.960. The van der Waals surface area contributed by atoms with Crippen molar-refractivity contribution in [1.29, 1.82) is 5.41 Å². The summed E-state index contributed by atoms with van der Waals surface area (Å²) in [4.78, 5) is 1.29. The highest BCUT2D eigenvalue weighted by Gasteiger charge is 2.20. The molecule has 0 atom stereocenters. The SMILES string of the molecule is CC(C)c1ccc(SCCC(C)(C)C(=N)N)cc1. The normalized spacial score (nSPS) is 11.8. The molecule has 0 bridgehead atoms. The van der Waals surface area contributed by atoms with E-state index in [0.29, 0.717) is 5.92 Å². The Morgan fingerprint density at radius 3 is 2.28 bits per heavy atom. The van der Waals surface area contributed by atoms with Crippen molar-refractivity contribution in [2.24, 2.45) is 11.1 Å². The highest BCUT2D eigenvalue weighted by Crippen LogP contribution is 2.27. The van der Waals surface area contributed by atoms with Crippen molar-refractivity contribution in [2.75, 3.05) is 5.75 Å². The molecule has 1 aromatic carbocycles. The van der Waals surface area contributed by atoms with E-state index in [9.17, 15) is 0 Å². The zero-order valence-electron chi connectivity index (χ0n) is 11.8. The molecule has 0 spiro atoms. The number of nitrogens with one attached hydrogen (secondary N) is 1. The first-order valence-electron chi connectivity index (χ1n) is 6.40. The molecule has 0 amide bonds. The molecule has 0 aliphatic heterocycles. The summed E-state index contributed by atoms with van der Waals surface area (Å²) in [7, 11) is 0. The molecule has 0 fully saturated rings. The van der Waals surface area contributed by atoms with Gasteiger partial charge in [0.1, 0.15) is 0 Å². The molecule has 0 heterocycles. The van der Waals surface area contributed by atoms with Gasteiger partial charge in [-0.25, -0.2) is 0 Å². The predicted molar refractivity (Wildman–Crippen MR) is 81.6 cm³/mol. The van der Waals surface area contributed by atoms with Crippen molar-refractivity contribution in [3.63, 3.8) is 0 Å². The summed E-state index contributed by atoms with van der Waals surface area (Å²) >= 11 is 1.83. The number of rotatable bonds is 6. The van der Waals surface area contributed by atoms with Gasteiger partial charge in [-0.3, -0.25) is 5.41 Å². The highest BCUT2D eigenvalue weighted by molar-refractivity contribution is 7.99. The fourth-order valence-electron chi connectivity index (χ4n) is 1.51. The van der Waals surface area contributed by atoms with Gasteiger partial charge in [-0.1, -0.05) is 39.8 Å². The lowest BCUT2D eigenvalue weighted by molar-refractivity contribution is 0.500. The van der Waals surface area contributed by atoms with E-state index in [4.69, 9.17) is 11.1 Å². The monoisotopic (exact) mass is 264 g/mol. The second-order valence-electron chi connectivity index (χ2n) is 5.62. The van der Waals surface area contributed by atoms with Gasteiger partial charge in [-0.2, -0.15) is 0 Å². The lowest BCUT2D eigenvalue weighted by atomic mass is 9.89. The molecule has 0 saturated heterocycles. The summed E-state index contributed by atoms with van der Waals surface area (Å²) in [6, 6.07) is 8.76. The second-order valence-corrected chi connectivity index (χ2v) is 6.79. The van der Waals surface area contributed by atoms with Crippen LogP contribution in [0.15, 0.2) is 29.2 Å². The maximum Gasteiger partial charge on any atom is 0.0963 e. The van der Waals surface area contributed by atoms with Crippen LogP contribution in [-0.2, 0) is 0 Å². The number of hydrogen-bond donors (Lipinski definition) is 2. The Bertz CT molecular complexity index is 393. The smallest absolute Gasteiger partial charge is 0.0963 e. The molecule has 0 unspecified atom stereocenters. The van der Waals surface area contributed by atoms with Gasteiger partial charge in [0.05, 0.1) is 5.84 Å². The van der Waals surface area contributed by atoms with Crippen LogP contribution in [0.3, 0.4) is 0 Å². The van der Waals surface area contributed by atoms with Crippen LogP contribution in [-0.4, -0.2) is 11.6 Å². The number of hydrogen-bond acceptors (Lipinski definition) is 2. The molecule has 3 N–H and O–H groups in total. The first kappa shape index (κ1) is 15.1. The second kappa shape index (κ2) is 6.28. The molecule has 0 radical (unpaired) electrons. The average Bonchev–Trinajstić information content (AvgIpc) is 2.29. The standard InChI is InChI=1S/C15H24N2S/c1-11(2)12-5-7-13(8-6-12)18-10-9-15(3,4)14(16)17/h5-8,11H,9-10H2,1-4H3,(H3,16,17). The van der Waals surface area contributed by atoms with Crippen molar-refractivity contribution in [3.05, 3.63) is 29.8 Å². The zero-order valence-corrected chi connectivity index (χ0v) is 12.6. The van der Waals surface area contributed by atoms with Gasteiger partial charge in [0.2, 0.25) is 0 Å². The van der Waals surface area contributed by atoms with Crippen molar-refractivity contribution in [1.82, 2.24) is 0 Å². The minimum Gasteiger partial charge on any atom is -0.387 e. The van der Waals surface area contributed by atoms with Gasteiger partial charge < -0.3 is 5.73 Å². The van der Waals surface area contributed by atoms with Gasteiger partial charge in [0.15, 0.2) is 0 Å². The molecular weight excluding hydrogens is 240 g/mol. The predicted octanol–water partition coefficient (Wildman–Crippen LogP) is 4.25. The molecule has 18 heavy (non-hydrogen) atoms. The van der Waals surface area contributed by atoms with E-state index < -0.39 is 0 Å². The van der Waals surface area contributed by atoms with Crippen molar-refractivity contribution >= 4 is 17.6 Å². The van der Waals surface area contributed by atoms with E-state index in [2.05, 4.69) is 38.1 Å². The van der Waals surface area contributed by atoms with Gasteiger partial charge in [-0.15, -0.1) is 11.8 Å². The molecule has 3 heteroatoms. The maximum atomic E-state index is 7.52. The first-order valence-corrected chi connectivity index (χ1v) is 7.39. The fraction of sp³-hybridized carbons (Fsp3) is 0.533. The maximum absolute atomic E-state index is 7.52. The lowest BCUT2D eigenvalue weighted by Gasteiger charge is -2.22. The minimum atomic E-state index is -0.190. The summed E-state index contributed by atoms with van der Waals surface area (Å²) in [5.74, 6) is 1.85. The van der Waals surface area contributed by atoms with Gasteiger partial charge >= 0.3 is 0 Å². The summed E-state index contributed by atoms with van der Waals surface area (Å²) in [5.41, 5.74) is 6.77. The first-order chi connectivity index (χ1) is 8.33. The third-order valence-electron chi connectivity index (χ3n) is 3.27. The van der Waals surface area contributed by atoms with Crippen molar-refractivity contribution in [3.8, 4) is 0 Å². The van der Waals surface area contributed by atoms with E-state index >= 15 is 0 Å². The highest BCUT2D eigenvalue weighted by atomic mass is 32.2. The summed E-state index contributed by atoms with van der Waals surface area (Å²) in [6.07, 6.45) is 0.929. The summed E-state index contributed by atoms with van der Waals surface area (Å²) in [6.45, 7) is 8.46. The van der Waals surface area contributed by atoms with Crippen LogP contribution < -0.4 is 5.73 Å². The van der Waals surface area contributed by atoms with Crippen molar-refractivity contribution < 1.29 is 0 Å². The number of thioether (sulfide) groups is 1. The Balaban J connectivity index is 2.47. The molecule has 0 saturated carbocycles. The molecule has 0 aromatic heterocycles. The largest absolute Gasteiger partial charge is 0.387 e. The van der Waals surface area contributed by atoms with E-state index in [1.165, 1.54) is 10.5 Å². The van der Waals surface area contributed by atoms with Crippen molar-refractivity contribution in [2.45, 2.75) is 44.9 Å². The molecular formula is C15H24N2S. The van der Waals surface area contributed by atoms with Crippen LogP contribution in [0, 0.1) is 10.8 Å². The molecule has 1 aromatic rings. The van der Waals surface area contributed by atoms with Gasteiger partial charge in [-0.05, 0) is 35.8 Å². The van der Waals surface area contributed by atoms with Crippen LogP contribution in [0.1, 0.15) is 45.6 Å². The molecule has 100 valence electrons.